The molecule has 2 heterocycles. The summed E-state index contributed by atoms with van der Waals surface area (Å²) in [7, 11) is 2.09. The van der Waals surface area contributed by atoms with E-state index in [1.807, 2.05) is 19.1 Å². The van der Waals surface area contributed by atoms with Crippen LogP contribution in [0.5, 0.6) is 0 Å². The van der Waals surface area contributed by atoms with E-state index < -0.39 is 0 Å². The molecule has 0 amide bonds. The fourth-order valence-electron chi connectivity index (χ4n) is 3.59. The lowest BCUT2D eigenvalue weighted by Gasteiger charge is -2.25. The molecule has 0 radical (unpaired) electrons. The first-order valence-corrected chi connectivity index (χ1v) is 9.43. The van der Waals surface area contributed by atoms with Crippen molar-refractivity contribution in [2.45, 2.75) is 31.6 Å². The van der Waals surface area contributed by atoms with E-state index in [1.165, 1.54) is 24.5 Å². The first-order chi connectivity index (χ1) is 13.1. The second kappa shape index (κ2) is 6.99. The topological polar surface area (TPSA) is 61.9 Å². The Morgan fingerprint density at radius 3 is 2.56 bits per heavy atom. The van der Waals surface area contributed by atoms with Crippen molar-refractivity contribution in [3.8, 4) is 11.4 Å². The summed E-state index contributed by atoms with van der Waals surface area (Å²) in [4.78, 5) is 25.9. The number of pyridine rings is 1. The van der Waals surface area contributed by atoms with Crippen LogP contribution in [0.3, 0.4) is 0 Å². The van der Waals surface area contributed by atoms with Crippen LogP contribution in [0, 0.1) is 0 Å². The van der Waals surface area contributed by atoms with Crippen LogP contribution in [0.25, 0.3) is 11.4 Å². The molecule has 1 fully saturated rings. The van der Waals surface area contributed by atoms with Gasteiger partial charge in [0.2, 0.25) is 0 Å². The molecular formula is C22H24N4O. The third-order valence-corrected chi connectivity index (χ3v) is 5.35. The van der Waals surface area contributed by atoms with Gasteiger partial charge in [0.1, 0.15) is 11.6 Å². The fourth-order valence-corrected chi connectivity index (χ4v) is 3.59. The summed E-state index contributed by atoms with van der Waals surface area (Å²) in [6, 6.07) is 16.2. The molecule has 138 valence electrons. The molecule has 0 bridgehead atoms. The first-order valence-electron chi connectivity index (χ1n) is 9.43. The minimum atomic E-state index is -0.128. The number of rotatable bonds is 6. The number of aryl methyl sites for hydroxylation is 1. The average Bonchev–Trinajstić information content (AvgIpc) is 3.49. The van der Waals surface area contributed by atoms with Gasteiger partial charge in [-0.15, -0.1) is 0 Å². The maximum Gasteiger partial charge on any atom is 0.251 e. The maximum absolute atomic E-state index is 11.8. The highest BCUT2D eigenvalue weighted by Gasteiger charge is 2.45. The molecule has 1 aromatic carbocycles. The molecular weight excluding hydrogens is 336 g/mol. The summed E-state index contributed by atoms with van der Waals surface area (Å²) in [5.41, 5.74) is 3.14. The van der Waals surface area contributed by atoms with Crippen LogP contribution >= 0.6 is 0 Å². The smallest absolute Gasteiger partial charge is 0.251 e. The average molecular weight is 360 g/mol. The van der Waals surface area contributed by atoms with Crippen molar-refractivity contribution < 1.29 is 0 Å². The van der Waals surface area contributed by atoms with E-state index in [4.69, 9.17) is 0 Å². The molecule has 2 aromatic heterocycles. The molecule has 27 heavy (non-hydrogen) atoms. The maximum atomic E-state index is 11.8. The number of benzene rings is 1. The van der Waals surface area contributed by atoms with Gasteiger partial charge >= 0.3 is 0 Å². The number of aromatic amines is 1. The number of anilines is 1. The molecule has 0 spiro atoms. The van der Waals surface area contributed by atoms with E-state index >= 15 is 0 Å². The number of hydrogen-bond acceptors (Lipinski definition) is 4. The van der Waals surface area contributed by atoms with Gasteiger partial charge in [-0.25, -0.2) is 9.97 Å². The molecule has 1 aliphatic carbocycles. The number of H-pyrrole nitrogens is 1. The summed E-state index contributed by atoms with van der Waals surface area (Å²) >= 11 is 0. The van der Waals surface area contributed by atoms with Crippen molar-refractivity contribution in [2.24, 2.45) is 0 Å². The normalized spacial score (nSPS) is 14.7. The predicted molar refractivity (Wildman–Crippen MR) is 108 cm³/mol. The molecule has 0 unspecified atom stereocenters. The van der Waals surface area contributed by atoms with E-state index in [1.54, 1.807) is 6.20 Å². The Hall–Kier alpha value is -2.95. The Kier molecular flexibility index (Phi) is 4.52. The van der Waals surface area contributed by atoms with Crippen LogP contribution < -0.4 is 10.5 Å². The number of nitrogens with one attached hydrogen (secondary N) is 1. The van der Waals surface area contributed by atoms with E-state index in [0.29, 0.717) is 5.82 Å². The lowest BCUT2D eigenvalue weighted by Crippen LogP contribution is -2.29. The van der Waals surface area contributed by atoms with E-state index in [0.717, 1.165) is 30.0 Å². The zero-order valence-corrected chi connectivity index (χ0v) is 15.8. The molecule has 1 saturated carbocycles. The molecule has 0 saturated heterocycles. The Morgan fingerprint density at radius 2 is 1.93 bits per heavy atom. The second-order valence-electron chi connectivity index (χ2n) is 7.35. The molecule has 4 rings (SSSR count). The summed E-state index contributed by atoms with van der Waals surface area (Å²) in [6.45, 7) is 2.94. The molecule has 1 N–H and O–H groups in total. The molecule has 3 aromatic rings. The van der Waals surface area contributed by atoms with Crippen LogP contribution in [0.4, 0.5) is 5.82 Å². The molecule has 5 nitrogen and oxygen atoms in total. The summed E-state index contributed by atoms with van der Waals surface area (Å²) in [6.07, 6.45) is 4.95. The third-order valence-electron chi connectivity index (χ3n) is 5.35. The van der Waals surface area contributed by atoms with Crippen molar-refractivity contribution >= 4 is 5.82 Å². The quantitative estimate of drug-likeness (QED) is 0.730. The van der Waals surface area contributed by atoms with Crippen LogP contribution in [-0.2, 0) is 11.8 Å². The van der Waals surface area contributed by atoms with Gasteiger partial charge in [0.15, 0.2) is 0 Å². The minimum Gasteiger partial charge on any atom is -0.359 e. The number of nitrogens with zero attached hydrogens (tertiary/aromatic N) is 3. The number of aromatic nitrogens is 3. The zero-order valence-electron chi connectivity index (χ0n) is 15.8. The number of likely N-dealkylation sites (N-methyl/N-ethyl adjacent to an activating group) is 1. The van der Waals surface area contributed by atoms with Crippen molar-refractivity contribution in [3.05, 3.63) is 76.3 Å². The van der Waals surface area contributed by atoms with Gasteiger partial charge in [0, 0.05) is 42.5 Å². The highest BCUT2D eigenvalue weighted by atomic mass is 16.1. The van der Waals surface area contributed by atoms with Crippen molar-refractivity contribution in [1.29, 1.82) is 0 Å². The summed E-state index contributed by atoms with van der Waals surface area (Å²) in [5, 5.41) is 0. The van der Waals surface area contributed by atoms with Crippen LogP contribution in [0.2, 0.25) is 0 Å². The number of hydrogen-bond donors (Lipinski definition) is 1. The third kappa shape index (κ3) is 3.63. The fraction of sp³-hybridized carbons (Fsp3) is 0.318. The van der Waals surface area contributed by atoms with Crippen LogP contribution in [-0.4, -0.2) is 28.5 Å². The van der Waals surface area contributed by atoms with Crippen LogP contribution in [0.15, 0.2) is 59.5 Å². The lowest BCUT2D eigenvalue weighted by molar-refractivity contribution is 0.669. The van der Waals surface area contributed by atoms with E-state index in [-0.39, 0.29) is 11.0 Å². The monoisotopic (exact) mass is 360 g/mol. The Morgan fingerprint density at radius 1 is 1.15 bits per heavy atom. The molecule has 0 atom stereocenters. The van der Waals surface area contributed by atoms with Gasteiger partial charge in [-0.05, 0) is 37.0 Å². The largest absolute Gasteiger partial charge is 0.359 e. The predicted octanol–water partition coefficient (Wildman–Crippen LogP) is 3.56. The van der Waals surface area contributed by atoms with Gasteiger partial charge in [-0.3, -0.25) is 4.79 Å². The standard InChI is InChI=1S/C22H24N4O/c1-3-18-13-20(27)25-21(24-18)16-9-10-19(23-14-16)26(2)15-22(11-12-22)17-7-5-4-6-8-17/h4-10,13-14H,3,11-12,15H2,1-2H3,(H,24,25,27). The second-order valence-corrected chi connectivity index (χ2v) is 7.35. The van der Waals surface area contributed by atoms with Crippen molar-refractivity contribution in [2.75, 3.05) is 18.5 Å². The SMILES string of the molecule is CCc1cc(=O)[nH]c(-c2ccc(N(C)CC3(c4ccccc4)CC3)nc2)n1. The molecule has 0 aliphatic heterocycles. The first kappa shape index (κ1) is 17.5. The highest BCUT2D eigenvalue weighted by molar-refractivity contribution is 5.56. The Bertz CT molecular complexity index is 975. The molecule has 1 aliphatic rings. The van der Waals surface area contributed by atoms with E-state index in [9.17, 15) is 4.79 Å². The van der Waals surface area contributed by atoms with Crippen molar-refractivity contribution in [1.82, 2.24) is 15.0 Å². The van der Waals surface area contributed by atoms with Gasteiger partial charge < -0.3 is 9.88 Å². The lowest BCUT2D eigenvalue weighted by atomic mass is 9.95. The van der Waals surface area contributed by atoms with Crippen molar-refractivity contribution in [3.63, 3.8) is 0 Å². The van der Waals surface area contributed by atoms with Gasteiger partial charge in [0.25, 0.3) is 5.56 Å². The summed E-state index contributed by atoms with van der Waals surface area (Å²) < 4.78 is 0. The zero-order chi connectivity index (χ0) is 18.9. The van der Waals surface area contributed by atoms with Gasteiger partial charge in [0.05, 0.1) is 0 Å². The Labute approximate surface area is 159 Å². The Balaban J connectivity index is 1.52. The van der Waals surface area contributed by atoms with E-state index in [2.05, 4.69) is 57.2 Å². The molecule has 5 heteroatoms. The minimum absolute atomic E-state index is 0.128. The van der Waals surface area contributed by atoms with Gasteiger partial charge in [-0.1, -0.05) is 37.3 Å². The summed E-state index contributed by atoms with van der Waals surface area (Å²) in [5.74, 6) is 1.50. The highest BCUT2D eigenvalue weighted by Crippen LogP contribution is 2.48. The van der Waals surface area contributed by atoms with Crippen LogP contribution in [0.1, 0.15) is 31.0 Å². The van der Waals surface area contributed by atoms with Gasteiger partial charge in [-0.2, -0.15) is 0 Å².